The lowest BCUT2D eigenvalue weighted by atomic mass is 10.9. The largest absolute Gasteiger partial charge is 0.335 e. The first-order valence-electron chi connectivity index (χ1n) is 2.91. The maximum Gasteiger partial charge on any atom is 0.335 e. The average molecular weight is 202 g/mol. The highest BCUT2D eigenvalue weighted by Crippen LogP contribution is 2.47. The Kier molecular flexibility index (Phi) is 6.01. The summed E-state index contributed by atoms with van der Waals surface area (Å²) in [4.78, 5) is 9.11. The lowest BCUT2D eigenvalue weighted by Crippen LogP contribution is -1.88. The van der Waals surface area contributed by atoms with Gasteiger partial charge in [-0.2, -0.15) is 0 Å². The molecule has 6 heteroatoms. The fraction of sp³-hybridized carbons (Fsp3) is 1.00. The molecule has 0 spiro atoms. The SMILES string of the molecule is CCOP(O)(=S)OSCC. The van der Waals surface area contributed by atoms with Gasteiger partial charge >= 0.3 is 6.72 Å². The first-order chi connectivity index (χ1) is 4.62. The lowest BCUT2D eigenvalue weighted by molar-refractivity contribution is 0.281. The molecule has 3 nitrogen and oxygen atoms in total. The van der Waals surface area contributed by atoms with Crippen molar-refractivity contribution < 1.29 is 13.4 Å². The lowest BCUT2D eigenvalue weighted by Gasteiger charge is -2.11. The van der Waals surface area contributed by atoms with Crippen LogP contribution in [0.2, 0.25) is 0 Å². The molecule has 0 aliphatic heterocycles. The molecule has 0 aromatic carbocycles. The maximum atomic E-state index is 9.11. The maximum absolute atomic E-state index is 9.11. The number of hydrogen-bond donors (Lipinski definition) is 1. The highest BCUT2D eigenvalue weighted by atomic mass is 32.5. The van der Waals surface area contributed by atoms with Crippen molar-refractivity contribution in [1.82, 2.24) is 0 Å². The van der Waals surface area contributed by atoms with E-state index < -0.39 is 6.72 Å². The van der Waals surface area contributed by atoms with E-state index in [4.69, 9.17) is 13.4 Å². The average Bonchev–Trinajstić information content (AvgIpc) is 1.84. The van der Waals surface area contributed by atoms with Gasteiger partial charge in [0.2, 0.25) is 0 Å². The molecule has 1 N–H and O–H groups in total. The predicted octanol–water partition coefficient (Wildman–Crippen LogP) is 1.92. The molecule has 0 aliphatic carbocycles. The highest BCUT2D eigenvalue weighted by Gasteiger charge is 2.13. The summed E-state index contributed by atoms with van der Waals surface area (Å²) in [5.41, 5.74) is 0. The summed E-state index contributed by atoms with van der Waals surface area (Å²) in [6, 6.07) is 0. The van der Waals surface area contributed by atoms with Crippen LogP contribution in [-0.2, 0) is 20.3 Å². The van der Waals surface area contributed by atoms with Gasteiger partial charge < -0.3 is 9.42 Å². The molecule has 0 rings (SSSR count). The molecular weight excluding hydrogens is 191 g/mol. The van der Waals surface area contributed by atoms with E-state index in [1.54, 1.807) is 6.92 Å². The molecule has 0 aromatic heterocycles. The summed E-state index contributed by atoms with van der Waals surface area (Å²) in [7, 11) is 0. The Labute approximate surface area is 70.6 Å². The second kappa shape index (κ2) is 5.52. The molecular formula is C4H11O3PS2. The normalized spacial score (nSPS) is 16.7. The van der Waals surface area contributed by atoms with E-state index in [1.807, 2.05) is 6.92 Å². The van der Waals surface area contributed by atoms with Crippen LogP contribution in [0.1, 0.15) is 13.8 Å². The minimum Gasteiger partial charge on any atom is -0.324 e. The third-order valence-electron chi connectivity index (χ3n) is 0.557. The van der Waals surface area contributed by atoms with E-state index in [0.29, 0.717) is 6.61 Å². The number of rotatable bonds is 5. The van der Waals surface area contributed by atoms with Crippen molar-refractivity contribution in [3.63, 3.8) is 0 Å². The van der Waals surface area contributed by atoms with E-state index in [-0.39, 0.29) is 0 Å². The Bertz CT molecular complexity index is 130. The van der Waals surface area contributed by atoms with Crippen LogP contribution in [0, 0.1) is 0 Å². The molecule has 0 aliphatic rings. The molecule has 0 saturated carbocycles. The van der Waals surface area contributed by atoms with E-state index in [9.17, 15) is 0 Å². The quantitative estimate of drug-likeness (QED) is 0.544. The van der Waals surface area contributed by atoms with Gasteiger partial charge in [-0.25, -0.2) is 3.97 Å². The Balaban J connectivity index is 3.53. The summed E-state index contributed by atoms with van der Waals surface area (Å²) in [5, 5.41) is 0. The molecule has 0 saturated heterocycles. The Morgan fingerprint density at radius 1 is 1.60 bits per heavy atom. The molecule has 0 fully saturated rings. The molecule has 0 amide bonds. The first-order valence-corrected chi connectivity index (χ1v) is 6.41. The standard InChI is InChI=1S/C4H11O3PS2/c1-3-6-8(5,9)7-10-4-2/h3-4H2,1-2H3,(H,5,9). The van der Waals surface area contributed by atoms with Crippen molar-refractivity contribution >= 4 is 30.6 Å². The summed E-state index contributed by atoms with van der Waals surface area (Å²) in [6.07, 6.45) is 0. The second-order valence-corrected chi connectivity index (χ2v) is 5.36. The minimum atomic E-state index is -2.91. The predicted molar refractivity (Wildman–Crippen MR) is 47.3 cm³/mol. The van der Waals surface area contributed by atoms with Crippen LogP contribution < -0.4 is 0 Å². The molecule has 0 radical (unpaired) electrons. The molecule has 0 aromatic rings. The van der Waals surface area contributed by atoms with Crippen molar-refractivity contribution in [2.45, 2.75) is 13.8 Å². The van der Waals surface area contributed by atoms with E-state index >= 15 is 0 Å². The van der Waals surface area contributed by atoms with E-state index in [1.165, 1.54) is 0 Å². The van der Waals surface area contributed by atoms with Crippen LogP contribution in [0.5, 0.6) is 0 Å². The number of hydrogen-bond acceptors (Lipinski definition) is 4. The molecule has 62 valence electrons. The van der Waals surface area contributed by atoms with Crippen LogP contribution >= 0.6 is 18.8 Å². The van der Waals surface area contributed by atoms with Gasteiger partial charge in [0, 0.05) is 17.8 Å². The van der Waals surface area contributed by atoms with Gasteiger partial charge in [-0.1, -0.05) is 6.92 Å². The fourth-order valence-corrected chi connectivity index (χ4v) is 2.46. The monoisotopic (exact) mass is 202 g/mol. The molecule has 10 heavy (non-hydrogen) atoms. The molecule has 0 bridgehead atoms. The third kappa shape index (κ3) is 5.65. The van der Waals surface area contributed by atoms with Crippen molar-refractivity contribution in [2.75, 3.05) is 12.4 Å². The van der Waals surface area contributed by atoms with Gasteiger partial charge in [0.25, 0.3) is 0 Å². The Morgan fingerprint density at radius 3 is 2.60 bits per heavy atom. The first kappa shape index (κ1) is 10.9. The second-order valence-electron chi connectivity index (χ2n) is 1.37. The van der Waals surface area contributed by atoms with E-state index in [0.717, 1.165) is 17.8 Å². The molecule has 0 heterocycles. The van der Waals surface area contributed by atoms with E-state index in [2.05, 4.69) is 11.8 Å². The van der Waals surface area contributed by atoms with Crippen molar-refractivity contribution in [3.8, 4) is 0 Å². The van der Waals surface area contributed by atoms with Crippen molar-refractivity contribution in [2.24, 2.45) is 0 Å². The van der Waals surface area contributed by atoms with Gasteiger partial charge in [-0.05, 0) is 18.7 Å². The topological polar surface area (TPSA) is 38.7 Å². The van der Waals surface area contributed by atoms with Gasteiger partial charge in [-0.3, -0.25) is 0 Å². The van der Waals surface area contributed by atoms with Crippen LogP contribution in [0.4, 0.5) is 0 Å². The summed E-state index contributed by atoms with van der Waals surface area (Å²) in [6.45, 7) is 1.14. The van der Waals surface area contributed by atoms with Crippen molar-refractivity contribution in [3.05, 3.63) is 0 Å². The Morgan fingerprint density at radius 2 is 2.20 bits per heavy atom. The van der Waals surface area contributed by atoms with Gasteiger partial charge in [-0.15, -0.1) is 0 Å². The highest BCUT2D eigenvalue weighted by molar-refractivity contribution is 8.12. The van der Waals surface area contributed by atoms with Crippen LogP contribution in [0.25, 0.3) is 0 Å². The van der Waals surface area contributed by atoms with Crippen LogP contribution in [-0.4, -0.2) is 17.3 Å². The summed E-state index contributed by atoms with van der Waals surface area (Å²) < 4.78 is 9.56. The van der Waals surface area contributed by atoms with Crippen LogP contribution in [0.3, 0.4) is 0 Å². The summed E-state index contributed by atoms with van der Waals surface area (Å²) >= 11 is 5.73. The van der Waals surface area contributed by atoms with Gasteiger partial charge in [0.15, 0.2) is 0 Å². The van der Waals surface area contributed by atoms with Crippen molar-refractivity contribution in [1.29, 1.82) is 0 Å². The van der Waals surface area contributed by atoms with Gasteiger partial charge in [0.1, 0.15) is 0 Å². The zero-order valence-electron chi connectivity index (χ0n) is 5.94. The van der Waals surface area contributed by atoms with Crippen LogP contribution in [0.15, 0.2) is 0 Å². The smallest absolute Gasteiger partial charge is 0.324 e. The zero-order valence-corrected chi connectivity index (χ0v) is 8.47. The molecule has 1 atom stereocenters. The minimum absolute atomic E-state index is 0.387. The third-order valence-corrected chi connectivity index (χ3v) is 3.42. The Hall–Kier alpha value is 0.880. The summed E-state index contributed by atoms with van der Waals surface area (Å²) in [5.74, 6) is 0.756. The molecule has 1 unspecified atom stereocenters. The zero-order chi connectivity index (χ0) is 8.04. The fourth-order valence-electron chi connectivity index (χ4n) is 0.304. The van der Waals surface area contributed by atoms with Gasteiger partial charge in [0.05, 0.1) is 6.61 Å².